The Labute approximate surface area is 149 Å². The first-order chi connectivity index (χ1) is 10.0. The van der Waals surface area contributed by atoms with Crippen molar-refractivity contribution >= 4 is 47.8 Å². The number of rotatable bonds is 3. The second-order valence-electron chi connectivity index (χ2n) is 5.13. The van der Waals surface area contributed by atoms with Crippen molar-refractivity contribution in [3.63, 3.8) is 0 Å². The van der Waals surface area contributed by atoms with Crippen molar-refractivity contribution in [2.45, 2.75) is 18.9 Å². The molecule has 1 aliphatic rings. The van der Waals surface area contributed by atoms with Gasteiger partial charge in [-0.15, -0.1) is 0 Å². The molecule has 2 nitrogen and oxygen atoms in total. The first-order valence-corrected chi connectivity index (χ1v) is 9.07. The van der Waals surface area contributed by atoms with Crippen LogP contribution in [0.4, 0.5) is 0 Å². The predicted octanol–water partition coefficient (Wildman–Crippen LogP) is 5.15. The highest BCUT2D eigenvalue weighted by Crippen LogP contribution is 2.36. The maximum Gasteiger partial charge on any atom is 0.125 e. The quantitative estimate of drug-likeness (QED) is 0.666. The summed E-state index contributed by atoms with van der Waals surface area (Å²) in [5.41, 5.74) is 9.94. The lowest BCUT2D eigenvalue weighted by atomic mass is 9.97. The van der Waals surface area contributed by atoms with E-state index in [0.717, 1.165) is 49.7 Å². The number of hydrogen-bond donors (Lipinski definition) is 1. The summed E-state index contributed by atoms with van der Waals surface area (Å²) in [7, 11) is 0. The van der Waals surface area contributed by atoms with Crippen LogP contribution in [0.1, 0.15) is 22.7 Å². The summed E-state index contributed by atoms with van der Waals surface area (Å²) in [4.78, 5) is 0. The normalized spacial score (nSPS) is 14.7. The molecule has 1 unspecified atom stereocenters. The van der Waals surface area contributed by atoms with Gasteiger partial charge in [-0.25, -0.2) is 0 Å². The smallest absolute Gasteiger partial charge is 0.125 e. The predicted molar refractivity (Wildman–Crippen MR) is 95.8 cm³/mol. The molecule has 0 saturated carbocycles. The molecule has 1 aliphatic heterocycles. The van der Waals surface area contributed by atoms with E-state index in [4.69, 9.17) is 10.5 Å². The molecule has 3 rings (SSSR count). The molecular weight excluding hydrogens is 462 g/mol. The van der Waals surface area contributed by atoms with Crippen LogP contribution >= 0.6 is 47.8 Å². The maximum atomic E-state index is 6.42. The Morgan fingerprint density at radius 1 is 1.10 bits per heavy atom. The summed E-state index contributed by atoms with van der Waals surface area (Å²) in [5, 5.41) is 0. The van der Waals surface area contributed by atoms with Crippen molar-refractivity contribution in [3.05, 3.63) is 60.4 Å². The summed E-state index contributed by atoms with van der Waals surface area (Å²) in [6, 6.07) is 10.2. The minimum atomic E-state index is -0.0838. The lowest BCUT2D eigenvalue weighted by Crippen LogP contribution is -2.14. The fourth-order valence-corrected chi connectivity index (χ4v) is 4.12. The van der Waals surface area contributed by atoms with E-state index in [1.165, 1.54) is 5.56 Å². The highest BCUT2D eigenvalue weighted by Gasteiger charge is 2.20. The largest absolute Gasteiger partial charge is 0.493 e. The van der Waals surface area contributed by atoms with Crippen molar-refractivity contribution < 1.29 is 4.74 Å². The molecule has 0 bridgehead atoms. The molecule has 1 atom stereocenters. The SMILES string of the molecule is NC(Cc1cc(Br)cc2c1OCC2)c1cc(Br)ccc1Br. The van der Waals surface area contributed by atoms with Gasteiger partial charge in [0.05, 0.1) is 6.61 Å². The zero-order chi connectivity index (χ0) is 15.0. The van der Waals surface area contributed by atoms with Crippen LogP contribution in [0.15, 0.2) is 43.7 Å². The Kier molecular flexibility index (Phi) is 4.74. The van der Waals surface area contributed by atoms with Gasteiger partial charge in [0.15, 0.2) is 0 Å². The van der Waals surface area contributed by atoms with E-state index >= 15 is 0 Å². The van der Waals surface area contributed by atoms with Crippen LogP contribution in [-0.2, 0) is 12.8 Å². The van der Waals surface area contributed by atoms with Gasteiger partial charge in [0, 0.05) is 25.9 Å². The van der Waals surface area contributed by atoms with Gasteiger partial charge < -0.3 is 10.5 Å². The Morgan fingerprint density at radius 2 is 1.90 bits per heavy atom. The Hall–Kier alpha value is -0.360. The van der Waals surface area contributed by atoms with Gasteiger partial charge in [0.25, 0.3) is 0 Å². The third kappa shape index (κ3) is 3.36. The monoisotopic (exact) mass is 473 g/mol. The molecule has 5 heteroatoms. The topological polar surface area (TPSA) is 35.2 Å². The number of benzene rings is 2. The summed E-state index contributed by atoms with van der Waals surface area (Å²) in [5.74, 6) is 1.01. The van der Waals surface area contributed by atoms with Crippen molar-refractivity contribution in [2.24, 2.45) is 5.73 Å². The zero-order valence-electron chi connectivity index (χ0n) is 11.2. The standard InChI is InChI=1S/C16H14Br3NO/c17-11-1-2-14(19)13(8-11)15(20)7-10-6-12(18)5-9-3-4-21-16(9)10/h1-2,5-6,8,15H,3-4,7,20H2. The van der Waals surface area contributed by atoms with Crippen LogP contribution in [0.5, 0.6) is 5.75 Å². The molecule has 0 amide bonds. The Morgan fingerprint density at radius 3 is 2.71 bits per heavy atom. The van der Waals surface area contributed by atoms with Crippen molar-refractivity contribution in [3.8, 4) is 5.75 Å². The van der Waals surface area contributed by atoms with Gasteiger partial charge in [-0.2, -0.15) is 0 Å². The lowest BCUT2D eigenvalue weighted by Gasteiger charge is -2.17. The third-order valence-corrected chi connectivity index (χ3v) is 5.30. The fraction of sp³-hybridized carbons (Fsp3) is 0.250. The van der Waals surface area contributed by atoms with Crippen LogP contribution in [0.25, 0.3) is 0 Å². The number of hydrogen-bond acceptors (Lipinski definition) is 2. The average molecular weight is 476 g/mol. The van der Waals surface area contributed by atoms with Crippen molar-refractivity contribution in [1.29, 1.82) is 0 Å². The molecule has 2 N–H and O–H groups in total. The van der Waals surface area contributed by atoms with E-state index in [1.54, 1.807) is 0 Å². The van der Waals surface area contributed by atoms with E-state index < -0.39 is 0 Å². The average Bonchev–Trinajstić information content (AvgIpc) is 2.89. The molecule has 21 heavy (non-hydrogen) atoms. The molecule has 2 aromatic carbocycles. The first-order valence-electron chi connectivity index (χ1n) is 6.69. The van der Waals surface area contributed by atoms with Gasteiger partial charge in [0.2, 0.25) is 0 Å². The summed E-state index contributed by atoms with van der Waals surface area (Å²) in [6.45, 7) is 0.759. The third-order valence-electron chi connectivity index (χ3n) is 3.62. The minimum Gasteiger partial charge on any atom is -0.493 e. The summed E-state index contributed by atoms with van der Waals surface area (Å²) in [6.07, 6.45) is 1.72. The minimum absolute atomic E-state index is 0.0838. The van der Waals surface area contributed by atoms with Gasteiger partial charge in [-0.3, -0.25) is 0 Å². The molecule has 110 valence electrons. The number of fused-ring (bicyclic) bond motifs is 1. The lowest BCUT2D eigenvalue weighted by molar-refractivity contribution is 0.352. The van der Waals surface area contributed by atoms with E-state index in [9.17, 15) is 0 Å². The molecule has 0 radical (unpaired) electrons. The second kappa shape index (κ2) is 6.41. The Balaban J connectivity index is 1.92. The number of nitrogens with two attached hydrogens (primary N) is 1. The number of ether oxygens (including phenoxy) is 1. The summed E-state index contributed by atoms with van der Waals surface area (Å²) >= 11 is 10.7. The molecular formula is C16H14Br3NO. The van der Waals surface area contributed by atoms with Gasteiger partial charge in [-0.1, -0.05) is 47.8 Å². The maximum absolute atomic E-state index is 6.42. The molecule has 0 spiro atoms. The second-order valence-corrected chi connectivity index (χ2v) is 7.81. The van der Waals surface area contributed by atoms with Crippen LogP contribution in [0, 0.1) is 0 Å². The molecule has 1 heterocycles. The van der Waals surface area contributed by atoms with Gasteiger partial charge in [0.1, 0.15) is 5.75 Å². The molecule has 0 fully saturated rings. The van der Waals surface area contributed by atoms with Crippen LogP contribution < -0.4 is 10.5 Å². The van der Waals surface area contributed by atoms with E-state index in [0.29, 0.717) is 0 Å². The number of halogens is 3. The highest BCUT2D eigenvalue weighted by molar-refractivity contribution is 9.11. The van der Waals surface area contributed by atoms with Crippen molar-refractivity contribution in [1.82, 2.24) is 0 Å². The molecule has 2 aromatic rings. The van der Waals surface area contributed by atoms with E-state index in [2.05, 4.69) is 66.0 Å². The van der Waals surface area contributed by atoms with Gasteiger partial charge >= 0.3 is 0 Å². The Bertz CT molecular complexity index is 687. The summed E-state index contributed by atoms with van der Waals surface area (Å²) < 4.78 is 8.93. The molecule has 0 aliphatic carbocycles. The first kappa shape index (κ1) is 15.5. The molecule has 0 saturated heterocycles. The highest BCUT2D eigenvalue weighted by atomic mass is 79.9. The zero-order valence-corrected chi connectivity index (χ0v) is 16.0. The fourth-order valence-electron chi connectivity index (χ4n) is 2.64. The van der Waals surface area contributed by atoms with Crippen LogP contribution in [0.2, 0.25) is 0 Å². The van der Waals surface area contributed by atoms with Crippen molar-refractivity contribution in [2.75, 3.05) is 6.61 Å². The van der Waals surface area contributed by atoms with Crippen LogP contribution in [0.3, 0.4) is 0 Å². The van der Waals surface area contributed by atoms with Crippen LogP contribution in [-0.4, -0.2) is 6.61 Å². The van der Waals surface area contributed by atoms with E-state index in [1.807, 2.05) is 12.1 Å². The molecule has 0 aromatic heterocycles. The van der Waals surface area contributed by atoms with Gasteiger partial charge in [-0.05, 0) is 53.4 Å². The van der Waals surface area contributed by atoms with E-state index in [-0.39, 0.29) is 6.04 Å².